The van der Waals surface area contributed by atoms with E-state index in [0.717, 1.165) is 47.3 Å². The maximum atomic E-state index is 5.15. The molecule has 0 saturated carbocycles. The van der Waals surface area contributed by atoms with Gasteiger partial charge in [0.25, 0.3) is 0 Å². The molecule has 0 atom stereocenters. The topological polar surface area (TPSA) is 56.7 Å². The van der Waals surface area contributed by atoms with Gasteiger partial charge in [-0.2, -0.15) is 5.10 Å². The van der Waals surface area contributed by atoms with Gasteiger partial charge in [-0.05, 0) is 20.3 Å². The van der Waals surface area contributed by atoms with Crippen molar-refractivity contribution in [2.24, 2.45) is 0 Å². The summed E-state index contributed by atoms with van der Waals surface area (Å²) in [5, 5.41) is 9.16. The van der Waals surface area contributed by atoms with Crippen LogP contribution in [0.25, 0.3) is 0 Å². The van der Waals surface area contributed by atoms with Crippen molar-refractivity contribution in [3.63, 3.8) is 0 Å². The van der Waals surface area contributed by atoms with Crippen molar-refractivity contribution in [3.05, 3.63) is 23.3 Å². The number of hydrogen-bond acceptors (Lipinski definition) is 5. The van der Waals surface area contributed by atoms with Crippen LogP contribution >= 0.6 is 11.8 Å². The Morgan fingerprint density at radius 1 is 1.39 bits per heavy atom. The first kappa shape index (κ1) is 13.1. The predicted octanol–water partition coefficient (Wildman–Crippen LogP) is 2.98. The number of aromatic nitrogens is 4. The lowest BCUT2D eigenvalue weighted by Gasteiger charge is -2.04. The maximum Gasteiger partial charge on any atom is 0.186 e. The summed E-state index contributed by atoms with van der Waals surface area (Å²) in [7, 11) is 0. The van der Waals surface area contributed by atoms with Gasteiger partial charge in [0.1, 0.15) is 12.1 Å². The molecule has 0 N–H and O–H groups in total. The predicted molar refractivity (Wildman–Crippen MR) is 70.5 cm³/mol. The quantitative estimate of drug-likeness (QED) is 0.752. The van der Waals surface area contributed by atoms with Gasteiger partial charge in [-0.3, -0.25) is 0 Å². The molecule has 2 heterocycles. The van der Waals surface area contributed by atoms with E-state index in [1.54, 1.807) is 18.1 Å². The Morgan fingerprint density at radius 2 is 2.22 bits per heavy atom. The summed E-state index contributed by atoms with van der Waals surface area (Å²) in [5.41, 5.74) is 2.12. The van der Waals surface area contributed by atoms with Crippen LogP contribution in [-0.2, 0) is 12.3 Å². The molecule has 0 unspecified atom stereocenters. The van der Waals surface area contributed by atoms with Crippen LogP contribution < -0.4 is 0 Å². The van der Waals surface area contributed by atoms with Crippen molar-refractivity contribution in [1.29, 1.82) is 0 Å². The van der Waals surface area contributed by atoms with E-state index in [4.69, 9.17) is 4.52 Å². The molecule has 6 heteroatoms. The fourth-order valence-corrected chi connectivity index (χ4v) is 2.77. The van der Waals surface area contributed by atoms with E-state index in [1.165, 1.54) is 0 Å². The van der Waals surface area contributed by atoms with Crippen LogP contribution in [0.3, 0.4) is 0 Å². The van der Waals surface area contributed by atoms with Gasteiger partial charge in [0.15, 0.2) is 5.16 Å². The van der Waals surface area contributed by atoms with Gasteiger partial charge in [-0.25, -0.2) is 9.67 Å². The minimum Gasteiger partial charge on any atom is -0.361 e. The Labute approximate surface area is 111 Å². The molecule has 0 aliphatic carbocycles. The third-order valence-corrected chi connectivity index (χ3v) is 3.84. The SMILES string of the molecule is CCCCn1ncnc1SCc1c(C)noc1C. The Hall–Kier alpha value is -1.30. The Morgan fingerprint density at radius 3 is 2.89 bits per heavy atom. The van der Waals surface area contributed by atoms with Crippen LogP contribution in [0.5, 0.6) is 0 Å². The first-order valence-corrected chi connectivity index (χ1v) is 7.13. The van der Waals surface area contributed by atoms with E-state index < -0.39 is 0 Å². The summed E-state index contributed by atoms with van der Waals surface area (Å²) in [6, 6.07) is 0. The monoisotopic (exact) mass is 266 g/mol. The summed E-state index contributed by atoms with van der Waals surface area (Å²) in [4.78, 5) is 4.29. The Kier molecular flexibility index (Phi) is 4.41. The number of rotatable bonds is 6. The van der Waals surface area contributed by atoms with Gasteiger partial charge in [-0.15, -0.1) is 0 Å². The first-order chi connectivity index (χ1) is 8.72. The molecule has 0 bridgehead atoms. The number of thioether (sulfide) groups is 1. The molecule has 0 fully saturated rings. The normalized spacial score (nSPS) is 11.1. The van der Waals surface area contributed by atoms with Crippen LogP contribution in [0.15, 0.2) is 16.0 Å². The zero-order valence-electron chi connectivity index (χ0n) is 11.0. The maximum absolute atomic E-state index is 5.15. The average molecular weight is 266 g/mol. The van der Waals surface area contributed by atoms with Crippen molar-refractivity contribution in [2.45, 2.75) is 51.1 Å². The standard InChI is InChI=1S/C12H18N4OS/c1-4-5-6-16-12(13-8-14-16)18-7-11-9(2)15-17-10(11)3/h8H,4-7H2,1-3H3. The lowest BCUT2D eigenvalue weighted by atomic mass is 10.2. The van der Waals surface area contributed by atoms with Gasteiger partial charge in [-0.1, -0.05) is 30.3 Å². The molecule has 0 aliphatic heterocycles. The van der Waals surface area contributed by atoms with E-state index in [9.17, 15) is 0 Å². The van der Waals surface area contributed by atoms with Crippen LogP contribution in [0.4, 0.5) is 0 Å². The van der Waals surface area contributed by atoms with Crippen molar-refractivity contribution in [3.8, 4) is 0 Å². The van der Waals surface area contributed by atoms with Gasteiger partial charge in [0, 0.05) is 17.9 Å². The number of aryl methyl sites for hydroxylation is 3. The van der Waals surface area contributed by atoms with Crippen LogP contribution in [-0.4, -0.2) is 19.9 Å². The van der Waals surface area contributed by atoms with Gasteiger partial charge in [0.2, 0.25) is 0 Å². The van der Waals surface area contributed by atoms with Crippen LogP contribution in [0.2, 0.25) is 0 Å². The van der Waals surface area contributed by atoms with Gasteiger partial charge in [0.05, 0.1) is 5.69 Å². The summed E-state index contributed by atoms with van der Waals surface area (Å²) in [5.74, 6) is 1.71. The lowest BCUT2D eigenvalue weighted by molar-refractivity contribution is 0.392. The summed E-state index contributed by atoms with van der Waals surface area (Å²) in [6.07, 6.45) is 3.90. The molecular weight excluding hydrogens is 248 g/mol. The van der Waals surface area contributed by atoms with E-state index in [-0.39, 0.29) is 0 Å². The second-order valence-electron chi connectivity index (χ2n) is 4.21. The summed E-state index contributed by atoms with van der Waals surface area (Å²) >= 11 is 1.68. The summed E-state index contributed by atoms with van der Waals surface area (Å²) in [6.45, 7) is 7.01. The number of nitrogens with zero attached hydrogens (tertiary/aromatic N) is 4. The first-order valence-electron chi connectivity index (χ1n) is 6.14. The van der Waals surface area contributed by atoms with Crippen molar-refractivity contribution in [2.75, 3.05) is 0 Å². The third-order valence-electron chi connectivity index (χ3n) is 2.83. The second kappa shape index (κ2) is 6.04. The molecule has 98 valence electrons. The highest BCUT2D eigenvalue weighted by Gasteiger charge is 2.11. The summed E-state index contributed by atoms with van der Waals surface area (Å²) < 4.78 is 7.12. The smallest absolute Gasteiger partial charge is 0.186 e. The third kappa shape index (κ3) is 2.93. The van der Waals surface area contributed by atoms with Gasteiger partial charge >= 0.3 is 0 Å². The average Bonchev–Trinajstić information content (AvgIpc) is 2.93. The molecule has 0 aromatic carbocycles. The van der Waals surface area contributed by atoms with Crippen molar-refractivity contribution < 1.29 is 4.52 Å². The van der Waals surface area contributed by atoms with E-state index >= 15 is 0 Å². The zero-order valence-corrected chi connectivity index (χ0v) is 11.8. The molecule has 2 rings (SSSR count). The van der Waals surface area contributed by atoms with Crippen molar-refractivity contribution in [1.82, 2.24) is 19.9 Å². The largest absolute Gasteiger partial charge is 0.361 e. The minimum absolute atomic E-state index is 0.825. The molecule has 0 aliphatic rings. The molecule has 0 amide bonds. The van der Waals surface area contributed by atoms with Crippen LogP contribution in [0.1, 0.15) is 36.8 Å². The molecule has 5 nitrogen and oxygen atoms in total. The fourth-order valence-electron chi connectivity index (χ4n) is 1.67. The fraction of sp³-hybridized carbons (Fsp3) is 0.583. The second-order valence-corrected chi connectivity index (χ2v) is 5.15. The van der Waals surface area contributed by atoms with E-state index in [1.807, 2.05) is 18.5 Å². The highest BCUT2D eigenvalue weighted by atomic mass is 32.2. The Bertz CT molecular complexity index is 486. The van der Waals surface area contributed by atoms with Crippen molar-refractivity contribution >= 4 is 11.8 Å². The van der Waals surface area contributed by atoms with E-state index in [2.05, 4.69) is 22.2 Å². The minimum atomic E-state index is 0.825. The molecule has 0 radical (unpaired) electrons. The highest BCUT2D eigenvalue weighted by molar-refractivity contribution is 7.98. The highest BCUT2D eigenvalue weighted by Crippen LogP contribution is 2.24. The zero-order chi connectivity index (χ0) is 13.0. The molecular formula is C12H18N4OS. The molecule has 2 aromatic rings. The lowest BCUT2D eigenvalue weighted by Crippen LogP contribution is -2.02. The van der Waals surface area contributed by atoms with E-state index in [0.29, 0.717) is 0 Å². The number of unbranched alkanes of at least 4 members (excludes halogenated alkanes) is 1. The molecule has 2 aromatic heterocycles. The molecule has 18 heavy (non-hydrogen) atoms. The number of hydrogen-bond donors (Lipinski definition) is 0. The van der Waals surface area contributed by atoms with Crippen LogP contribution in [0, 0.1) is 13.8 Å². The van der Waals surface area contributed by atoms with Gasteiger partial charge < -0.3 is 4.52 Å². The molecule has 0 saturated heterocycles. The Balaban J connectivity index is 2.00. The molecule has 0 spiro atoms.